The number of hydrogen-bond acceptors (Lipinski definition) is 3. The molecule has 1 aromatic carbocycles. The minimum absolute atomic E-state index is 0.0225. The molecule has 0 saturated heterocycles. The second-order valence-corrected chi connectivity index (χ2v) is 6.13. The van der Waals surface area contributed by atoms with Crippen molar-refractivity contribution in [2.24, 2.45) is 11.7 Å². The van der Waals surface area contributed by atoms with Gasteiger partial charge in [-0.2, -0.15) is 0 Å². The third-order valence-electron chi connectivity index (χ3n) is 3.58. The Hall–Kier alpha value is -1.95. The maximum absolute atomic E-state index is 13.9. The van der Waals surface area contributed by atoms with Crippen LogP contribution in [0.1, 0.15) is 34.1 Å². The summed E-state index contributed by atoms with van der Waals surface area (Å²) >= 11 is 1.59. The van der Waals surface area contributed by atoms with Gasteiger partial charge < -0.3 is 11.1 Å². The largest absolute Gasteiger partial charge is 0.375 e. The molecule has 1 aliphatic rings. The number of primary amides is 1. The van der Waals surface area contributed by atoms with Crippen molar-refractivity contribution in [2.45, 2.75) is 18.9 Å². The first kappa shape index (κ1) is 14.0. The van der Waals surface area contributed by atoms with E-state index in [0.717, 1.165) is 23.8 Å². The standard InChI is InChI=1S/C15H14F2N2OS/c16-10-7-11(17)12(6-9(10)15(18)20)19-14(8-3-4-8)13-2-1-5-21-13/h1-2,5-8,14,19H,3-4H2,(H2,18,20). The first-order valence-electron chi connectivity index (χ1n) is 6.65. The average Bonchev–Trinajstić information content (AvgIpc) is 3.12. The summed E-state index contributed by atoms with van der Waals surface area (Å²) in [4.78, 5) is 12.3. The summed E-state index contributed by atoms with van der Waals surface area (Å²) in [5, 5.41) is 5.06. The second kappa shape index (κ2) is 5.44. The molecule has 0 spiro atoms. The number of benzene rings is 1. The lowest BCUT2D eigenvalue weighted by Gasteiger charge is -2.19. The van der Waals surface area contributed by atoms with Crippen molar-refractivity contribution in [3.8, 4) is 0 Å². The summed E-state index contributed by atoms with van der Waals surface area (Å²) < 4.78 is 27.4. The van der Waals surface area contributed by atoms with Gasteiger partial charge in [0.15, 0.2) is 0 Å². The second-order valence-electron chi connectivity index (χ2n) is 5.15. The molecule has 1 unspecified atom stereocenters. The zero-order valence-corrected chi connectivity index (χ0v) is 11.9. The third kappa shape index (κ3) is 2.90. The molecule has 2 aromatic rings. The van der Waals surface area contributed by atoms with Gasteiger partial charge in [-0.05, 0) is 36.3 Å². The van der Waals surface area contributed by atoms with Crippen LogP contribution in [0.5, 0.6) is 0 Å². The quantitative estimate of drug-likeness (QED) is 0.885. The Morgan fingerprint density at radius 3 is 2.67 bits per heavy atom. The molecular formula is C15H14F2N2OS. The zero-order chi connectivity index (χ0) is 15.0. The molecule has 1 aromatic heterocycles. The predicted molar refractivity (Wildman–Crippen MR) is 78.3 cm³/mol. The number of nitrogens with two attached hydrogens (primary N) is 1. The molecule has 6 heteroatoms. The van der Waals surface area contributed by atoms with E-state index in [1.807, 2.05) is 17.5 Å². The van der Waals surface area contributed by atoms with Crippen molar-refractivity contribution in [1.29, 1.82) is 0 Å². The van der Waals surface area contributed by atoms with Gasteiger partial charge in [0, 0.05) is 10.9 Å². The van der Waals surface area contributed by atoms with Gasteiger partial charge in [-0.3, -0.25) is 4.79 Å². The van der Waals surface area contributed by atoms with Gasteiger partial charge in [0.1, 0.15) is 11.6 Å². The van der Waals surface area contributed by atoms with Gasteiger partial charge in [-0.25, -0.2) is 8.78 Å². The van der Waals surface area contributed by atoms with Crippen molar-refractivity contribution in [2.75, 3.05) is 5.32 Å². The molecule has 0 radical (unpaired) electrons. The zero-order valence-electron chi connectivity index (χ0n) is 11.1. The van der Waals surface area contributed by atoms with E-state index in [1.54, 1.807) is 11.3 Å². The van der Waals surface area contributed by atoms with E-state index in [4.69, 9.17) is 5.73 Å². The monoisotopic (exact) mass is 308 g/mol. The highest BCUT2D eigenvalue weighted by Gasteiger charge is 2.33. The Kier molecular flexibility index (Phi) is 3.63. The van der Waals surface area contributed by atoms with Crippen molar-refractivity contribution in [3.63, 3.8) is 0 Å². The lowest BCUT2D eigenvalue weighted by Crippen LogP contribution is -2.17. The normalized spacial score (nSPS) is 15.7. The van der Waals surface area contributed by atoms with Crippen molar-refractivity contribution in [1.82, 2.24) is 0 Å². The third-order valence-corrected chi connectivity index (χ3v) is 4.53. The smallest absolute Gasteiger partial charge is 0.251 e. The van der Waals surface area contributed by atoms with E-state index in [-0.39, 0.29) is 17.3 Å². The van der Waals surface area contributed by atoms with Crippen LogP contribution in [0.15, 0.2) is 29.6 Å². The molecule has 0 bridgehead atoms. The number of halogens is 2. The molecule has 1 saturated carbocycles. The van der Waals surface area contributed by atoms with Crippen molar-refractivity contribution < 1.29 is 13.6 Å². The lowest BCUT2D eigenvalue weighted by molar-refractivity contribution is 0.0996. The fourth-order valence-electron chi connectivity index (χ4n) is 2.34. The van der Waals surface area contributed by atoms with Gasteiger partial charge in [0.2, 0.25) is 0 Å². The van der Waals surface area contributed by atoms with E-state index in [9.17, 15) is 13.6 Å². The van der Waals surface area contributed by atoms with Crippen LogP contribution in [0.4, 0.5) is 14.5 Å². The number of amides is 1. The van der Waals surface area contributed by atoms with Crippen LogP contribution in [-0.4, -0.2) is 5.91 Å². The first-order valence-corrected chi connectivity index (χ1v) is 7.53. The van der Waals surface area contributed by atoms with Gasteiger partial charge in [0.25, 0.3) is 5.91 Å². The highest BCUT2D eigenvalue weighted by atomic mass is 32.1. The Morgan fingerprint density at radius 2 is 2.10 bits per heavy atom. The fourth-order valence-corrected chi connectivity index (χ4v) is 3.20. The summed E-state index contributed by atoms with van der Waals surface area (Å²) in [5.41, 5.74) is 4.91. The lowest BCUT2D eigenvalue weighted by atomic mass is 10.1. The molecule has 3 nitrogen and oxygen atoms in total. The molecule has 1 fully saturated rings. The van der Waals surface area contributed by atoms with Crippen LogP contribution in [0.3, 0.4) is 0 Å². The fraction of sp³-hybridized carbons (Fsp3) is 0.267. The van der Waals surface area contributed by atoms with Gasteiger partial charge in [0.05, 0.1) is 17.3 Å². The molecule has 1 aliphatic carbocycles. The minimum Gasteiger partial charge on any atom is -0.375 e. The SMILES string of the molecule is NC(=O)c1cc(NC(c2cccs2)C2CC2)c(F)cc1F. The predicted octanol–water partition coefficient (Wildman–Crippen LogP) is 3.69. The van der Waals surface area contributed by atoms with E-state index >= 15 is 0 Å². The molecule has 1 atom stereocenters. The van der Waals surface area contributed by atoms with Crippen molar-refractivity contribution in [3.05, 3.63) is 51.7 Å². The number of carbonyl (C=O) groups excluding carboxylic acids is 1. The molecular weight excluding hydrogens is 294 g/mol. The highest BCUT2D eigenvalue weighted by Crippen LogP contribution is 2.44. The number of hydrogen-bond donors (Lipinski definition) is 2. The summed E-state index contributed by atoms with van der Waals surface area (Å²) in [6, 6.07) is 5.74. The van der Waals surface area contributed by atoms with Gasteiger partial charge >= 0.3 is 0 Å². The van der Waals surface area contributed by atoms with E-state index in [1.165, 1.54) is 0 Å². The molecule has 110 valence electrons. The van der Waals surface area contributed by atoms with E-state index in [2.05, 4.69) is 5.32 Å². The Labute approximate surface area is 124 Å². The van der Waals surface area contributed by atoms with Crippen LogP contribution < -0.4 is 11.1 Å². The molecule has 3 N–H and O–H groups in total. The summed E-state index contributed by atoms with van der Waals surface area (Å²) in [7, 11) is 0. The Bertz CT molecular complexity index is 669. The molecule has 0 aliphatic heterocycles. The average molecular weight is 308 g/mol. The molecule has 1 amide bonds. The Balaban J connectivity index is 1.92. The number of nitrogens with one attached hydrogen (secondary N) is 1. The number of thiophene rings is 1. The summed E-state index contributed by atoms with van der Waals surface area (Å²) in [6.07, 6.45) is 2.14. The number of carbonyl (C=O) groups is 1. The molecule has 1 heterocycles. The van der Waals surface area contributed by atoms with Crippen LogP contribution in [0.2, 0.25) is 0 Å². The van der Waals surface area contributed by atoms with Crippen molar-refractivity contribution >= 4 is 22.9 Å². The first-order chi connectivity index (χ1) is 10.1. The highest BCUT2D eigenvalue weighted by molar-refractivity contribution is 7.10. The van der Waals surface area contributed by atoms with Gasteiger partial charge in [-0.1, -0.05) is 6.07 Å². The van der Waals surface area contributed by atoms with Crippen LogP contribution in [0.25, 0.3) is 0 Å². The maximum Gasteiger partial charge on any atom is 0.251 e. The van der Waals surface area contributed by atoms with Crippen LogP contribution in [-0.2, 0) is 0 Å². The minimum atomic E-state index is -0.940. The summed E-state index contributed by atoms with van der Waals surface area (Å²) in [5.74, 6) is -2.14. The molecule has 3 rings (SSSR count). The van der Waals surface area contributed by atoms with Crippen LogP contribution in [0, 0.1) is 17.6 Å². The molecule has 21 heavy (non-hydrogen) atoms. The van der Waals surface area contributed by atoms with E-state index in [0.29, 0.717) is 12.0 Å². The van der Waals surface area contributed by atoms with Crippen LogP contribution >= 0.6 is 11.3 Å². The maximum atomic E-state index is 13.9. The Morgan fingerprint density at radius 1 is 1.33 bits per heavy atom. The summed E-state index contributed by atoms with van der Waals surface area (Å²) in [6.45, 7) is 0. The topological polar surface area (TPSA) is 55.1 Å². The van der Waals surface area contributed by atoms with Gasteiger partial charge in [-0.15, -0.1) is 11.3 Å². The number of anilines is 1. The number of rotatable bonds is 5. The van der Waals surface area contributed by atoms with E-state index < -0.39 is 17.5 Å².